The lowest BCUT2D eigenvalue weighted by Gasteiger charge is -2.16. The fourth-order valence-corrected chi connectivity index (χ4v) is 2.64. The lowest BCUT2D eigenvalue weighted by atomic mass is 10.1. The van der Waals surface area contributed by atoms with Crippen molar-refractivity contribution in [1.29, 1.82) is 0 Å². The van der Waals surface area contributed by atoms with Crippen LogP contribution in [0.25, 0.3) is 0 Å². The van der Waals surface area contributed by atoms with E-state index in [1.165, 1.54) is 18.2 Å². The second-order valence-corrected chi connectivity index (χ2v) is 5.64. The molecule has 5 heteroatoms. The third-order valence-electron chi connectivity index (χ3n) is 2.93. The summed E-state index contributed by atoms with van der Waals surface area (Å²) in [4.78, 5) is 12.1. The Bertz CT molecular complexity index is 646. The van der Waals surface area contributed by atoms with Gasteiger partial charge in [0, 0.05) is 10.0 Å². The van der Waals surface area contributed by atoms with Crippen molar-refractivity contribution in [3.8, 4) is 5.75 Å². The van der Waals surface area contributed by atoms with E-state index in [2.05, 4.69) is 21.2 Å². The van der Waals surface area contributed by atoms with Gasteiger partial charge >= 0.3 is 0 Å². The summed E-state index contributed by atoms with van der Waals surface area (Å²) in [6.07, 6.45) is 0. The van der Waals surface area contributed by atoms with Gasteiger partial charge in [0.1, 0.15) is 5.75 Å². The molecule has 0 fully saturated rings. The molecule has 1 unspecified atom stereocenters. The van der Waals surface area contributed by atoms with Gasteiger partial charge in [-0.15, -0.1) is 0 Å². The number of nitrogens with one attached hydrogen (secondary N) is 1. The van der Waals surface area contributed by atoms with Crippen LogP contribution in [0.5, 0.6) is 5.75 Å². The van der Waals surface area contributed by atoms with Crippen molar-refractivity contribution in [2.24, 2.45) is 0 Å². The first-order chi connectivity index (χ1) is 9.49. The molecule has 3 nitrogen and oxygen atoms in total. The Balaban J connectivity index is 2.15. The minimum atomic E-state index is -0.241. The molecule has 0 aliphatic rings. The smallest absolute Gasteiger partial charge is 0.251 e. The van der Waals surface area contributed by atoms with Crippen molar-refractivity contribution in [3.05, 3.63) is 63.1 Å². The summed E-state index contributed by atoms with van der Waals surface area (Å²) >= 11 is 9.26. The van der Waals surface area contributed by atoms with Gasteiger partial charge in [-0.3, -0.25) is 4.79 Å². The van der Waals surface area contributed by atoms with Crippen LogP contribution in [0, 0.1) is 0 Å². The Morgan fingerprint density at radius 2 is 2.00 bits per heavy atom. The SMILES string of the molecule is CC(NC(=O)c1ccc(O)c(Cl)c1)c1ccccc1Br. The number of halogens is 2. The molecule has 0 aliphatic heterocycles. The molecule has 0 aliphatic carbocycles. The zero-order chi connectivity index (χ0) is 14.7. The van der Waals surface area contributed by atoms with Crippen LogP contribution >= 0.6 is 27.5 Å². The fraction of sp³-hybridized carbons (Fsp3) is 0.133. The Labute approximate surface area is 130 Å². The number of rotatable bonds is 3. The highest BCUT2D eigenvalue weighted by Crippen LogP contribution is 2.25. The van der Waals surface area contributed by atoms with Crippen molar-refractivity contribution < 1.29 is 9.90 Å². The van der Waals surface area contributed by atoms with Crippen molar-refractivity contribution in [1.82, 2.24) is 5.32 Å². The number of hydrogen-bond donors (Lipinski definition) is 2. The summed E-state index contributed by atoms with van der Waals surface area (Å²) in [5, 5.41) is 12.4. The van der Waals surface area contributed by atoms with Crippen LogP contribution in [0.1, 0.15) is 28.9 Å². The van der Waals surface area contributed by atoms with Crippen LogP contribution in [-0.2, 0) is 0 Å². The highest BCUT2D eigenvalue weighted by Gasteiger charge is 2.14. The molecule has 2 N–H and O–H groups in total. The topological polar surface area (TPSA) is 49.3 Å². The normalized spacial score (nSPS) is 11.9. The first kappa shape index (κ1) is 14.9. The molecule has 2 rings (SSSR count). The Morgan fingerprint density at radius 1 is 1.30 bits per heavy atom. The number of aromatic hydroxyl groups is 1. The van der Waals surface area contributed by atoms with Gasteiger partial charge in [0.15, 0.2) is 0 Å². The van der Waals surface area contributed by atoms with Gasteiger partial charge < -0.3 is 10.4 Å². The molecule has 0 radical (unpaired) electrons. The van der Waals surface area contributed by atoms with Crippen LogP contribution in [0.4, 0.5) is 0 Å². The van der Waals surface area contributed by atoms with Gasteiger partial charge in [0.2, 0.25) is 0 Å². The Kier molecular flexibility index (Phi) is 4.68. The van der Waals surface area contributed by atoms with Crippen molar-refractivity contribution >= 4 is 33.4 Å². The second kappa shape index (κ2) is 6.29. The minimum Gasteiger partial charge on any atom is -0.506 e. The number of amides is 1. The molecule has 0 spiro atoms. The number of phenolic OH excluding ortho intramolecular Hbond substituents is 1. The number of carbonyl (C=O) groups excluding carboxylic acids is 1. The first-order valence-electron chi connectivity index (χ1n) is 6.03. The van der Waals surface area contributed by atoms with Crippen LogP contribution in [0.3, 0.4) is 0 Å². The molecule has 104 valence electrons. The van der Waals surface area contributed by atoms with Crippen LogP contribution in [0.15, 0.2) is 46.9 Å². The predicted octanol–water partition coefficient (Wildman–Crippen LogP) is 4.30. The van der Waals surface area contributed by atoms with Gasteiger partial charge in [0.25, 0.3) is 5.91 Å². The van der Waals surface area contributed by atoms with Crippen LogP contribution in [-0.4, -0.2) is 11.0 Å². The molecule has 0 bridgehead atoms. The zero-order valence-electron chi connectivity index (χ0n) is 10.7. The Morgan fingerprint density at radius 3 is 2.65 bits per heavy atom. The number of phenols is 1. The quantitative estimate of drug-likeness (QED) is 0.863. The summed E-state index contributed by atoms with van der Waals surface area (Å²) in [6.45, 7) is 1.90. The van der Waals surface area contributed by atoms with Gasteiger partial charge in [-0.1, -0.05) is 45.7 Å². The van der Waals surface area contributed by atoms with E-state index in [0.717, 1.165) is 10.0 Å². The van der Waals surface area contributed by atoms with Crippen LogP contribution < -0.4 is 5.32 Å². The number of carbonyl (C=O) groups is 1. The molecule has 2 aromatic rings. The fourth-order valence-electron chi connectivity index (χ4n) is 1.83. The number of benzene rings is 2. The number of hydrogen-bond acceptors (Lipinski definition) is 2. The lowest BCUT2D eigenvalue weighted by molar-refractivity contribution is 0.0940. The summed E-state index contributed by atoms with van der Waals surface area (Å²) in [5.74, 6) is -0.280. The van der Waals surface area contributed by atoms with E-state index in [1.54, 1.807) is 0 Å². The summed E-state index contributed by atoms with van der Waals surface area (Å²) in [6, 6.07) is 11.9. The average molecular weight is 355 g/mol. The molecule has 0 aromatic heterocycles. The van der Waals surface area contributed by atoms with Gasteiger partial charge in [-0.2, -0.15) is 0 Å². The third-order valence-corrected chi connectivity index (χ3v) is 3.95. The maximum absolute atomic E-state index is 12.1. The maximum Gasteiger partial charge on any atom is 0.251 e. The van der Waals surface area contributed by atoms with E-state index in [9.17, 15) is 9.90 Å². The average Bonchev–Trinajstić information content (AvgIpc) is 2.42. The molecule has 0 heterocycles. The van der Waals surface area contributed by atoms with E-state index in [0.29, 0.717) is 5.56 Å². The van der Waals surface area contributed by atoms with Crippen LogP contribution in [0.2, 0.25) is 5.02 Å². The van der Waals surface area contributed by atoms with E-state index in [-0.39, 0.29) is 22.7 Å². The first-order valence-corrected chi connectivity index (χ1v) is 7.20. The van der Waals surface area contributed by atoms with E-state index < -0.39 is 0 Å². The molecule has 2 aromatic carbocycles. The summed E-state index contributed by atoms with van der Waals surface area (Å²) in [7, 11) is 0. The molecule has 20 heavy (non-hydrogen) atoms. The lowest BCUT2D eigenvalue weighted by Crippen LogP contribution is -2.26. The van der Waals surface area contributed by atoms with E-state index >= 15 is 0 Å². The standard InChI is InChI=1S/C15H13BrClNO2/c1-9(11-4-2-3-5-12(11)16)18-15(20)10-6-7-14(19)13(17)8-10/h2-9,19H,1H3,(H,18,20). The minimum absolute atomic E-state index is 0.0398. The second-order valence-electron chi connectivity index (χ2n) is 4.38. The molecular formula is C15H13BrClNO2. The van der Waals surface area contributed by atoms with E-state index in [1.807, 2.05) is 31.2 Å². The highest BCUT2D eigenvalue weighted by atomic mass is 79.9. The third kappa shape index (κ3) is 3.32. The molecule has 1 amide bonds. The molecule has 0 saturated heterocycles. The van der Waals surface area contributed by atoms with Gasteiger partial charge in [0.05, 0.1) is 11.1 Å². The van der Waals surface area contributed by atoms with Gasteiger partial charge in [-0.05, 0) is 36.8 Å². The maximum atomic E-state index is 12.1. The highest BCUT2D eigenvalue weighted by molar-refractivity contribution is 9.10. The predicted molar refractivity (Wildman–Crippen MR) is 83.1 cm³/mol. The molecular weight excluding hydrogens is 342 g/mol. The summed E-state index contributed by atoms with van der Waals surface area (Å²) in [5.41, 5.74) is 1.40. The Hall–Kier alpha value is -1.52. The molecule has 0 saturated carbocycles. The monoisotopic (exact) mass is 353 g/mol. The molecule has 1 atom stereocenters. The van der Waals surface area contributed by atoms with Crippen molar-refractivity contribution in [2.45, 2.75) is 13.0 Å². The summed E-state index contributed by atoms with van der Waals surface area (Å²) < 4.78 is 0.941. The zero-order valence-corrected chi connectivity index (χ0v) is 13.1. The van der Waals surface area contributed by atoms with E-state index in [4.69, 9.17) is 11.6 Å². The van der Waals surface area contributed by atoms with Crippen molar-refractivity contribution in [3.63, 3.8) is 0 Å². The van der Waals surface area contributed by atoms with Crippen molar-refractivity contribution in [2.75, 3.05) is 0 Å². The van der Waals surface area contributed by atoms with Gasteiger partial charge in [-0.25, -0.2) is 0 Å². The largest absolute Gasteiger partial charge is 0.506 e.